The minimum Gasteiger partial charge on any atom is -0.370 e. The van der Waals surface area contributed by atoms with Crippen molar-refractivity contribution in [1.82, 2.24) is 5.32 Å². The molecule has 0 bridgehead atoms. The summed E-state index contributed by atoms with van der Waals surface area (Å²) in [6.07, 6.45) is 20.6. The van der Waals surface area contributed by atoms with Crippen molar-refractivity contribution in [3.8, 4) is 0 Å². The Morgan fingerprint density at radius 2 is 1.17 bits per heavy atom. The highest BCUT2D eigenvalue weighted by Gasteiger charge is 2.08. The Balaban J connectivity index is 3.79. The van der Waals surface area contributed by atoms with Gasteiger partial charge >= 0.3 is 0 Å². The lowest BCUT2D eigenvalue weighted by Crippen LogP contribution is -2.31. The molecule has 138 valence electrons. The Labute approximate surface area is 145 Å². The third-order valence-electron chi connectivity index (χ3n) is 4.79. The number of nitrogens with two attached hydrogens (primary N) is 1. The van der Waals surface area contributed by atoms with Gasteiger partial charge in [0.15, 0.2) is 5.96 Å². The summed E-state index contributed by atoms with van der Waals surface area (Å²) < 4.78 is 0. The van der Waals surface area contributed by atoms with E-state index in [0.717, 1.165) is 18.9 Å². The summed E-state index contributed by atoms with van der Waals surface area (Å²) in [5.74, 6) is 0.994. The number of guanidine groups is 1. The summed E-state index contributed by atoms with van der Waals surface area (Å²) in [4.78, 5) is 0. The van der Waals surface area contributed by atoms with Crippen molar-refractivity contribution in [2.45, 2.75) is 110 Å². The van der Waals surface area contributed by atoms with Gasteiger partial charge in [0, 0.05) is 6.54 Å². The van der Waals surface area contributed by atoms with Crippen molar-refractivity contribution >= 4 is 5.96 Å². The van der Waals surface area contributed by atoms with Crippen LogP contribution < -0.4 is 11.1 Å². The van der Waals surface area contributed by atoms with E-state index in [0.29, 0.717) is 0 Å². The second-order valence-electron chi connectivity index (χ2n) is 7.11. The van der Waals surface area contributed by atoms with Crippen LogP contribution in [0, 0.1) is 11.3 Å². The first-order valence-corrected chi connectivity index (χ1v) is 10.3. The fraction of sp³-hybridized carbons (Fsp3) is 0.950. The highest BCUT2D eigenvalue weighted by Crippen LogP contribution is 2.23. The van der Waals surface area contributed by atoms with Crippen LogP contribution in [0.25, 0.3) is 0 Å². The first-order chi connectivity index (χ1) is 11.2. The Bertz CT molecular complexity index is 253. The van der Waals surface area contributed by atoms with Crippen LogP contribution in [0.3, 0.4) is 0 Å². The van der Waals surface area contributed by atoms with E-state index < -0.39 is 0 Å². The molecule has 0 aromatic heterocycles. The van der Waals surface area contributed by atoms with E-state index >= 15 is 0 Å². The third kappa shape index (κ3) is 17.5. The summed E-state index contributed by atoms with van der Waals surface area (Å²) in [6, 6.07) is 0. The molecule has 4 N–H and O–H groups in total. The topological polar surface area (TPSA) is 61.9 Å². The van der Waals surface area contributed by atoms with Crippen molar-refractivity contribution in [3.63, 3.8) is 0 Å². The molecule has 23 heavy (non-hydrogen) atoms. The van der Waals surface area contributed by atoms with Gasteiger partial charge in [0.2, 0.25) is 0 Å². The van der Waals surface area contributed by atoms with Gasteiger partial charge in [0.25, 0.3) is 0 Å². The van der Waals surface area contributed by atoms with Crippen LogP contribution in [0.4, 0.5) is 0 Å². The molecule has 0 heterocycles. The molecule has 3 nitrogen and oxygen atoms in total. The van der Waals surface area contributed by atoms with Gasteiger partial charge in [-0.1, -0.05) is 97.3 Å². The molecular formula is C20H43N3. The molecule has 3 heteroatoms. The Morgan fingerprint density at radius 3 is 1.65 bits per heavy atom. The van der Waals surface area contributed by atoms with Crippen LogP contribution in [-0.4, -0.2) is 12.5 Å². The highest BCUT2D eigenvalue weighted by atomic mass is 15.0. The quantitative estimate of drug-likeness (QED) is 0.175. The maximum atomic E-state index is 7.21. The molecule has 0 spiro atoms. The average molecular weight is 326 g/mol. The summed E-state index contributed by atoms with van der Waals surface area (Å²) in [6.45, 7) is 5.42. The number of hydrogen-bond donors (Lipinski definition) is 3. The number of unbranched alkanes of at least 4 members (excludes halogenated alkanes) is 9. The molecule has 0 aliphatic rings. The van der Waals surface area contributed by atoms with E-state index in [1.54, 1.807) is 0 Å². The molecule has 1 atom stereocenters. The SMILES string of the molecule is CCCCCCCC[C@@H](CCCCCCC)CCCNC(=N)N. The van der Waals surface area contributed by atoms with Gasteiger partial charge in [0.05, 0.1) is 0 Å². The molecule has 0 amide bonds. The standard InChI is InChI=1S/C20H43N3/c1-3-5-7-9-11-13-16-19(15-12-10-8-6-4-2)17-14-18-23-20(21)22/h19H,3-18H2,1-2H3,(H4,21,22,23)/t19-/m1/s1. The molecule has 0 aromatic carbocycles. The van der Waals surface area contributed by atoms with Gasteiger partial charge in [0.1, 0.15) is 0 Å². The maximum absolute atomic E-state index is 7.21. The number of rotatable bonds is 17. The second-order valence-corrected chi connectivity index (χ2v) is 7.11. The molecule has 0 rings (SSSR count). The number of nitrogens with one attached hydrogen (secondary N) is 2. The first kappa shape index (κ1) is 22.3. The molecular weight excluding hydrogens is 282 g/mol. The largest absolute Gasteiger partial charge is 0.370 e. The van der Waals surface area contributed by atoms with Crippen molar-refractivity contribution < 1.29 is 0 Å². The number of hydrogen-bond acceptors (Lipinski definition) is 1. The van der Waals surface area contributed by atoms with Crippen molar-refractivity contribution in [2.75, 3.05) is 6.54 Å². The summed E-state index contributed by atoms with van der Waals surface area (Å²) in [5.41, 5.74) is 5.35. The summed E-state index contributed by atoms with van der Waals surface area (Å²) >= 11 is 0. The van der Waals surface area contributed by atoms with Crippen LogP contribution >= 0.6 is 0 Å². The molecule has 0 aromatic rings. The van der Waals surface area contributed by atoms with Gasteiger partial charge in [-0.15, -0.1) is 0 Å². The lowest BCUT2D eigenvalue weighted by atomic mass is 9.90. The van der Waals surface area contributed by atoms with E-state index in [-0.39, 0.29) is 5.96 Å². The van der Waals surface area contributed by atoms with Crippen LogP contribution in [0.5, 0.6) is 0 Å². The van der Waals surface area contributed by atoms with E-state index in [1.165, 1.54) is 89.9 Å². The van der Waals surface area contributed by atoms with E-state index in [2.05, 4.69) is 19.2 Å². The lowest BCUT2D eigenvalue weighted by Gasteiger charge is -2.17. The van der Waals surface area contributed by atoms with Crippen molar-refractivity contribution in [3.05, 3.63) is 0 Å². The normalized spacial score (nSPS) is 12.3. The molecule has 0 radical (unpaired) electrons. The summed E-state index contributed by atoms with van der Waals surface area (Å²) in [5, 5.41) is 10.1. The third-order valence-corrected chi connectivity index (χ3v) is 4.79. The minimum absolute atomic E-state index is 0.108. The molecule has 0 unspecified atom stereocenters. The van der Waals surface area contributed by atoms with Gasteiger partial charge in [-0.3, -0.25) is 5.41 Å². The zero-order valence-electron chi connectivity index (χ0n) is 16.0. The highest BCUT2D eigenvalue weighted by molar-refractivity contribution is 5.74. The van der Waals surface area contributed by atoms with Crippen LogP contribution in [0.15, 0.2) is 0 Å². The Hall–Kier alpha value is -0.730. The van der Waals surface area contributed by atoms with E-state index in [1.807, 2.05) is 0 Å². The van der Waals surface area contributed by atoms with Gasteiger partial charge < -0.3 is 11.1 Å². The Kier molecular flexibility index (Phi) is 17.1. The summed E-state index contributed by atoms with van der Waals surface area (Å²) in [7, 11) is 0. The molecule has 0 aliphatic carbocycles. The van der Waals surface area contributed by atoms with Crippen molar-refractivity contribution in [2.24, 2.45) is 11.7 Å². The first-order valence-electron chi connectivity index (χ1n) is 10.3. The zero-order valence-corrected chi connectivity index (χ0v) is 16.0. The minimum atomic E-state index is 0.108. The Morgan fingerprint density at radius 1 is 0.739 bits per heavy atom. The van der Waals surface area contributed by atoms with Gasteiger partial charge in [-0.2, -0.15) is 0 Å². The monoisotopic (exact) mass is 325 g/mol. The fourth-order valence-electron chi connectivity index (χ4n) is 3.30. The molecule has 0 saturated heterocycles. The predicted octanol–water partition coefficient (Wildman–Crippen LogP) is 5.98. The second kappa shape index (κ2) is 17.6. The van der Waals surface area contributed by atoms with Crippen LogP contribution in [0.2, 0.25) is 0 Å². The van der Waals surface area contributed by atoms with Gasteiger partial charge in [-0.25, -0.2) is 0 Å². The average Bonchev–Trinajstić information content (AvgIpc) is 2.53. The van der Waals surface area contributed by atoms with E-state index in [9.17, 15) is 0 Å². The predicted molar refractivity (Wildman–Crippen MR) is 104 cm³/mol. The lowest BCUT2D eigenvalue weighted by molar-refractivity contribution is 0.372. The molecule has 0 fully saturated rings. The zero-order chi connectivity index (χ0) is 17.2. The van der Waals surface area contributed by atoms with E-state index in [4.69, 9.17) is 11.1 Å². The van der Waals surface area contributed by atoms with Crippen molar-refractivity contribution in [1.29, 1.82) is 5.41 Å². The molecule has 0 saturated carbocycles. The van der Waals surface area contributed by atoms with Gasteiger partial charge in [-0.05, 0) is 18.8 Å². The van der Waals surface area contributed by atoms with Crippen LogP contribution in [-0.2, 0) is 0 Å². The fourth-order valence-corrected chi connectivity index (χ4v) is 3.30. The smallest absolute Gasteiger partial charge is 0.185 e. The molecule has 0 aliphatic heterocycles. The van der Waals surface area contributed by atoms with Crippen LogP contribution in [0.1, 0.15) is 110 Å². The maximum Gasteiger partial charge on any atom is 0.185 e.